The SMILES string of the molecule is CCCCCc1ccc(-c2ccc(-c3ccc(-c4ccc(CCC)cc4)cc3F)c(F)c2F)cc1. The van der Waals surface area contributed by atoms with Crippen LogP contribution in [-0.2, 0) is 12.8 Å². The van der Waals surface area contributed by atoms with E-state index in [4.69, 9.17) is 0 Å². The summed E-state index contributed by atoms with van der Waals surface area (Å²) in [6.07, 6.45) is 6.48. The topological polar surface area (TPSA) is 0 Å². The van der Waals surface area contributed by atoms with Crippen LogP contribution in [0.2, 0.25) is 0 Å². The van der Waals surface area contributed by atoms with Gasteiger partial charge in [0, 0.05) is 16.7 Å². The molecular formula is C32H31F3. The molecule has 0 saturated heterocycles. The first-order valence-corrected chi connectivity index (χ1v) is 12.5. The van der Waals surface area contributed by atoms with Gasteiger partial charge in [-0.15, -0.1) is 0 Å². The number of benzene rings is 4. The summed E-state index contributed by atoms with van der Waals surface area (Å²) in [4.78, 5) is 0. The van der Waals surface area contributed by atoms with Crippen LogP contribution >= 0.6 is 0 Å². The lowest BCUT2D eigenvalue weighted by Gasteiger charge is -2.12. The second-order valence-electron chi connectivity index (χ2n) is 9.08. The van der Waals surface area contributed by atoms with E-state index in [9.17, 15) is 0 Å². The highest BCUT2D eigenvalue weighted by Crippen LogP contribution is 2.34. The highest BCUT2D eigenvalue weighted by atomic mass is 19.2. The molecule has 0 fully saturated rings. The molecule has 0 nitrogen and oxygen atoms in total. The van der Waals surface area contributed by atoms with Gasteiger partial charge >= 0.3 is 0 Å². The van der Waals surface area contributed by atoms with E-state index in [2.05, 4.69) is 13.8 Å². The highest BCUT2D eigenvalue weighted by Gasteiger charge is 2.18. The first-order valence-electron chi connectivity index (χ1n) is 12.5. The van der Waals surface area contributed by atoms with Crippen LogP contribution in [0.25, 0.3) is 33.4 Å². The Kier molecular flexibility index (Phi) is 8.07. The van der Waals surface area contributed by atoms with Gasteiger partial charge in [-0.25, -0.2) is 13.2 Å². The summed E-state index contributed by atoms with van der Waals surface area (Å²) >= 11 is 0. The Hall–Kier alpha value is -3.33. The molecule has 0 aliphatic heterocycles. The normalized spacial score (nSPS) is 11.1. The van der Waals surface area contributed by atoms with Crippen LogP contribution in [0.3, 0.4) is 0 Å². The lowest BCUT2D eigenvalue weighted by molar-refractivity contribution is 0.513. The van der Waals surface area contributed by atoms with Crippen molar-refractivity contribution in [1.29, 1.82) is 0 Å². The molecule has 0 aliphatic carbocycles. The summed E-state index contributed by atoms with van der Waals surface area (Å²) in [6.45, 7) is 4.29. The lowest BCUT2D eigenvalue weighted by Crippen LogP contribution is -1.96. The Morgan fingerprint density at radius 3 is 1.66 bits per heavy atom. The van der Waals surface area contributed by atoms with Crippen molar-refractivity contribution in [3.05, 3.63) is 107 Å². The van der Waals surface area contributed by atoms with Gasteiger partial charge in [0.05, 0.1) is 0 Å². The van der Waals surface area contributed by atoms with E-state index in [1.54, 1.807) is 6.07 Å². The molecule has 4 rings (SSSR count). The van der Waals surface area contributed by atoms with Gasteiger partial charge in [-0.3, -0.25) is 0 Å². The third-order valence-corrected chi connectivity index (χ3v) is 6.50. The lowest BCUT2D eigenvalue weighted by atomic mass is 9.95. The van der Waals surface area contributed by atoms with E-state index < -0.39 is 17.5 Å². The number of hydrogen-bond donors (Lipinski definition) is 0. The van der Waals surface area contributed by atoms with Crippen LogP contribution in [0.1, 0.15) is 50.7 Å². The van der Waals surface area contributed by atoms with E-state index in [-0.39, 0.29) is 16.7 Å². The zero-order valence-electron chi connectivity index (χ0n) is 20.4. The molecule has 0 atom stereocenters. The predicted octanol–water partition coefficient (Wildman–Crippen LogP) is 9.79. The second-order valence-corrected chi connectivity index (χ2v) is 9.08. The number of hydrogen-bond acceptors (Lipinski definition) is 0. The van der Waals surface area contributed by atoms with E-state index in [0.29, 0.717) is 11.1 Å². The quantitative estimate of drug-likeness (QED) is 0.213. The zero-order chi connectivity index (χ0) is 24.8. The summed E-state index contributed by atoms with van der Waals surface area (Å²) in [7, 11) is 0. The van der Waals surface area contributed by atoms with E-state index in [0.717, 1.165) is 37.7 Å². The van der Waals surface area contributed by atoms with Gasteiger partial charge < -0.3 is 0 Å². The van der Waals surface area contributed by atoms with Gasteiger partial charge in [0.15, 0.2) is 11.6 Å². The molecule has 0 saturated carbocycles. The Morgan fingerprint density at radius 2 is 1.03 bits per heavy atom. The Morgan fingerprint density at radius 1 is 0.486 bits per heavy atom. The minimum atomic E-state index is -1.04. The summed E-state index contributed by atoms with van der Waals surface area (Å²) in [5, 5.41) is 0. The van der Waals surface area contributed by atoms with Crippen molar-refractivity contribution in [2.75, 3.05) is 0 Å². The fourth-order valence-electron chi connectivity index (χ4n) is 4.48. The molecule has 0 N–H and O–H groups in total. The van der Waals surface area contributed by atoms with Crippen molar-refractivity contribution in [2.45, 2.75) is 52.4 Å². The molecule has 4 aromatic rings. The fraction of sp³-hybridized carbons (Fsp3) is 0.250. The van der Waals surface area contributed by atoms with Crippen molar-refractivity contribution >= 4 is 0 Å². The standard InChI is InChI=1S/C32H31F3/c1-3-5-6-8-23-11-15-25(16-12-23)27-19-20-29(32(35)31(27)34)28-18-17-26(21-30(28)33)24-13-9-22(7-4-2)10-14-24/h9-21H,3-8H2,1-2H3. The molecule has 0 amide bonds. The van der Waals surface area contributed by atoms with Crippen molar-refractivity contribution in [1.82, 2.24) is 0 Å². The fourth-order valence-corrected chi connectivity index (χ4v) is 4.48. The smallest absolute Gasteiger partial charge is 0.167 e. The Labute approximate surface area is 206 Å². The number of aryl methyl sites for hydroxylation is 2. The molecule has 4 aromatic carbocycles. The van der Waals surface area contributed by atoms with E-state index >= 15 is 13.2 Å². The van der Waals surface area contributed by atoms with Crippen LogP contribution in [0, 0.1) is 17.5 Å². The molecule has 180 valence electrons. The molecule has 35 heavy (non-hydrogen) atoms. The molecule has 0 bridgehead atoms. The van der Waals surface area contributed by atoms with Gasteiger partial charge in [-0.2, -0.15) is 0 Å². The average molecular weight is 473 g/mol. The van der Waals surface area contributed by atoms with E-state index in [1.165, 1.54) is 41.8 Å². The zero-order valence-corrected chi connectivity index (χ0v) is 20.4. The van der Waals surface area contributed by atoms with Gasteiger partial charge in [-0.1, -0.05) is 106 Å². The molecule has 0 aliphatic rings. The number of halogens is 3. The maximum Gasteiger partial charge on any atom is 0.167 e. The highest BCUT2D eigenvalue weighted by molar-refractivity contribution is 5.75. The van der Waals surface area contributed by atoms with Crippen LogP contribution in [0.5, 0.6) is 0 Å². The van der Waals surface area contributed by atoms with Crippen molar-refractivity contribution in [3.8, 4) is 33.4 Å². The van der Waals surface area contributed by atoms with Gasteiger partial charge in [-0.05, 0) is 53.1 Å². The average Bonchev–Trinajstić information content (AvgIpc) is 2.87. The third kappa shape index (κ3) is 5.67. The molecule has 0 aromatic heterocycles. The van der Waals surface area contributed by atoms with E-state index in [1.807, 2.05) is 48.5 Å². The van der Waals surface area contributed by atoms with Crippen LogP contribution in [-0.4, -0.2) is 0 Å². The minimum absolute atomic E-state index is 0.0468. The van der Waals surface area contributed by atoms with Gasteiger partial charge in [0.1, 0.15) is 5.82 Å². The van der Waals surface area contributed by atoms with Crippen LogP contribution in [0.4, 0.5) is 13.2 Å². The Bertz CT molecular complexity index is 1270. The van der Waals surface area contributed by atoms with Gasteiger partial charge in [0.2, 0.25) is 0 Å². The first-order chi connectivity index (χ1) is 17.0. The molecule has 0 radical (unpaired) electrons. The maximum absolute atomic E-state index is 15.1. The predicted molar refractivity (Wildman–Crippen MR) is 140 cm³/mol. The first kappa shape index (κ1) is 24.8. The third-order valence-electron chi connectivity index (χ3n) is 6.50. The summed E-state index contributed by atoms with van der Waals surface area (Å²) in [5.74, 6) is -2.58. The molecular weight excluding hydrogens is 441 g/mol. The number of rotatable bonds is 9. The van der Waals surface area contributed by atoms with Crippen molar-refractivity contribution < 1.29 is 13.2 Å². The summed E-state index contributed by atoms with van der Waals surface area (Å²) < 4.78 is 45.2. The van der Waals surface area contributed by atoms with Crippen molar-refractivity contribution in [3.63, 3.8) is 0 Å². The molecule has 3 heteroatoms. The second kappa shape index (κ2) is 11.4. The molecule has 0 heterocycles. The number of unbranched alkanes of at least 4 members (excludes halogenated alkanes) is 2. The van der Waals surface area contributed by atoms with Crippen LogP contribution < -0.4 is 0 Å². The monoisotopic (exact) mass is 472 g/mol. The summed E-state index contributed by atoms with van der Waals surface area (Å²) in [5.41, 5.74) is 4.75. The van der Waals surface area contributed by atoms with Crippen molar-refractivity contribution in [2.24, 2.45) is 0 Å². The minimum Gasteiger partial charge on any atom is -0.206 e. The maximum atomic E-state index is 15.1. The largest absolute Gasteiger partial charge is 0.206 e. The van der Waals surface area contributed by atoms with Crippen LogP contribution in [0.15, 0.2) is 78.9 Å². The molecule has 0 unspecified atom stereocenters. The Balaban J connectivity index is 1.58. The van der Waals surface area contributed by atoms with Gasteiger partial charge in [0.25, 0.3) is 0 Å². The summed E-state index contributed by atoms with van der Waals surface area (Å²) in [6, 6.07) is 23.2. The molecule has 0 spiro atoms.